The topological polar surface area (TPSA) is 93.1 Å². The number of ether oxygens (including phenoxy) is 2. The number of aldehydes is 1. The van der Waals surface area contributed by atoms with Crippen molar-refractivity contribution in [3.05, 3.63) is 35.9 Å². The fourth-order valence-electron chi connectivity index (χ4n) is 1.32. The van der Waals surface area contributed by atoms with Crippen molar-refractivity contribution >= 4 is 12.3 Å². The van der Waals surface area contributed by atoms with Crippen molar-refractivity contribution in [3.63, 3.8) is 0 Å². The number of aromatic hydroxyl groups is 1. The standard InChI is InChI=1S/C14H16O6/c1-2-3-14(18)20-9-11(16)8-19-12-5-4-10(7-15)13(17)6-12/h2-7,11,16-17H,8-9H2,1H3. The molecule has 1 aromatic carbocycles. The lowest BCUT2D eigenvalue weighted by molar-refractivity contribution is -0.141. The highest BCUT2D eigenvalue weighted by molar-refractivity contribution is 5.81. The number of hydrogen-bond acceptors (Lipinski definition) is 6. The number of hydrogen-bond donors (Lipinski definition) is 2. The van der Waals surface area contributed by atoms with E-state index in [-0.39, 0.29) is 24.5 Å². The Bertz CT molecular complexity index is 494. The summed E-state index contributed by atoms with van der Waals surface area (Å²) < 4.78 is 9.95. The molecule has 0 aliphatic heterocycles. The number of benzene rings is 1. The first kappa shape index (κ1) is 15.7. The number of rotatable bonds is 7. The Kier molecular flexibility index (Phi) is 6.25. The van der Waals surface area contributed by atoms with Gasteiger partial charge in [0.05, 0.1) is 5.56 Å². The van der Waals surface area contributed by atoms with E-state index < -0.39 is 12.1 Å². The lowest BCUT2D eigenvalue weighted by Gasteiger charge is -2.12. The van der Waals surface area contributed by atoms with Gasteiger partial charge in [0.25, 0.3) is 0 Å². The fourth-order valence-corrected chi connectivity index (χ4v) is 1.32. The number of phenolic OH excluding ortho intramolecular Hbond substituents is 1. The Morgan fingerprint density at radius 1 is 1.40 bits per heavy atom. The van der Waals surface area contributed by atoms with Gasteiger partial charge >= 0.3 is 5.97 Å². The monoisotopic (exact) mass is 280 g/mol. The van der Waals surface area contributed by atoms with Crippen LogP contribution in [0.2, 0.25) is 0 Å². The average molecular weight is 280 g/mol. The van der Waals surface area contributed by atoms with Crippen LogP contribution in [0.4, 0.5) is 0 Å². The third-order valence-corrected chi connectivity index (χ3v) is 2.29. The number of carbonyl (C=O) groups excluding carboxylic acids is 2. The minimum atomic E-state index is -0.989. The van der Waals surface area contributed by atoms with Crippen LogP contribution in [0.5, 0.6) is 11.5 Å². The third kappa shape index (κ3) is 5.11. The van der Waals surface area contributed by atoms with Crippen LogP contribution < -0.4 is 4.74 Å². The van der Waals surface area contributed by atoms with Crippen molar-refractivity contribution in [2.24, 2.45) is 0 Å². The Morgan fingerprint density at radius 3 is 2.75 bits per heavy atom. The van der Waals surface area contributed by atoms with Crippen LogP contribution in [-0.2, 0) is 9.53 Å². The molecule has 6 nitrogen and oxygen atoms in total. The summed E-state index contributed by atoms with van der Waals surface area (Å²) in [6.07, 6.45) is 2.30. The van der Waals surface area contributed by atoms with Gasteiger partial charge in [0.15, 0.2) is 6.29 Å². The molecule has 0 saturated heterocycles. The molecule has 6 heteroatoms. The predicted molar refractivity (Wildman–Crippen MR) is 70.8 cm³/mol. The second-order valence-corrected chi connectivity index (χ2v) is 3.93. The minimum Gasteiger partial charge on any atom is -0.507 e. The fraction of sp³-hybridized carbons (Fsp3) is 0.286. The molecule has 1 atom stereocenters. The van der Waals surface area contributed by atoms with Gasteiger partial charge in [0.1, 0.15) is 30.8 Å². The molecule has 0 bridgehead atoms. The van der Waals surface area contributed by atoms with Gasteiger partial charge in [-0.2, -0.15) is 0 Å². The van der Waals surface area contributed by atoms with Gasteiger partial charge < -0.3 is 19.7 Å². The van der Waals surface area contributed by atoms with E-state index >= 15 is 0 Å². The largest absolute Gasteiger partial charge is 0.507 e. The van der Waals surface area contributed by atoms with E-state index in [1.54, 1.807) is 6.92 Å². The maximum Gasteiger partial charge on any atom is 0.330 e. The van der Waals surface area contributed by atoms with E-state index in [1.165, 1.54) is 30.4 Å². The molecule has 0 amide bonds. The SMILES string of the molecule is CC=CC(=O)OCC(O)COc1ccc(C=O)c(O)c1. The van der Waals surface area contributed by atoms with Gasteiger partial charge in [-0.1, -0.05) is 6.08 Å². The van der Waals surface area contributed by atoms with Crippen LogP contribution in [-0.4, -0.2) is 41.8 Å². The lowest BCUT2D eigenvalue weighted by Crippen LogP contribution is -2.24. The molecular weight excluding hydrogens is 264 g/mol. The molecule has 1 aromatic rings. The maximum absolute atomic E-state index is 11.0. The molecule has 0 aliphatic rings. The van der Waals surface area contributed by atoms with Crippen LogP contribution in [0.15, 0.2) is 30.4 Å². The second-order valence-electron chi connectivity index (χ2n) is 3.93. The Morgan fingerprint density at radius 2 is 2.15 bits per heavy atom. The van der Waals surface area contributed by atoms with Crippen LogP contribution in [0.3, 0.4) is 0 Å². The number of aliphatic hydroxyl groups excluding tert-OH is 1. The Hall–Kier alpha value is -2.34. The smallest absolute Gasteiger partial charge is 0.330 e. The molecule has 0 spiro atoms. The van der Waals surface area contributed by atoms with Crippen LogP contribution in [0.1, 0.15) is 17.3 Å². The first-order valence-corrected chi connectivity index (χ1v) is 5.95. The highest BCUT2D eigenvalue weighted by Crippen LogP contribution is 2.22. The van der Waals surface area contributed by atoms with E-state index in [1.807, 2.05) is 0 Å². The van der Waals surface area contributed by atoms with Crippen LogP contribution in [0, 0.1) is 0 Å². The zero-order valence-corrected chi connectivity index (χ0v) is 11.0. The predicted octanol–water partition coefficient (Wildman–Crippen LogP) is 1.06. The summed E-state index contributed by atoms with van der Waals surface area (Å²) >= 11 is 0. The quantitative estimate of drug-likeness (QED) is 0.441. The number of esters is 1. The summed E-state index contributed by atoms with van der Waals surface area (Å²) in [5.41, 5.74) is 0.151. The minimum absolute atomic E-state index is 0.108. The Balaban J connectivity index is 2.41. The molecule has 0 fully saturated rings. The molecule has 20 heavy (non-hydrogen) atoms. The van der Waals surface area contributed by atoms with Crippen molar-refractivity contribution in [2.75, 3.05) is 13.2 Å². The molecule has 1 unspecified atom stereocenters. The third-order valence-electron chi connectivity index (χ3n) is 2.29. The number of carbonyl (C=O) groups is 2. The molecule has 0 aliphatic carbocycles. The zero-order valence-electron chi connectivity index (χ0n) is 11.0. The van der Waals surface area contributed by atoms with E-state index in [2.05, 4.69) is 0 Å². The molecule has 108 valence electrons. The maximum atomic E-state index is 11.0. The lowest BCUT2D eigenvalue weighted by atomic mass is 10.2. The highest BCUT2D eigenvalue weighted by atomic mass is 16.5. The van der Waals surface area contributed by atoms with Crippen molar-refractivity contribution in [1.29, 1.82) is 0 Å². The first-order chi connectivity index (χ1) is 9.56. The Labute approximate surface area is 116 Å². The van der Waals surface area contributed by atoms with Crippen molar-refractivity contribution in [2.45, 2.75) is 13.0 Å². The summed E-state index contributed by atoms with van der Waals surface area (Å²) in [6.45, 7) is 1.38. The summed E-state index contributed by atoms with van der Waals surface area (Å²) in [4.78, 5) is 21.5. The van der Waals surface area contributed by atoms with E-state index in [4.69, 9.17) is 9.47 Å². The van der Waals surface area contributed by atoms with Crippen molar-refractivity contribution < 1.29 is 29.3 Å². The van der Waals surface area contributed by atoms with Crippen molar-refractivity contribution in [1.82, 2.24) is 0 Å². The van der Waals surface area contributed by atoms with Crippen LogP contribution >= 0.6 is 0 Å². The first-order valence-electron chi connectivity index (χ1n) is 5.95. The average Bonchev–Trinajstić information content (AvgIpc) is 2.43. The molecular formula is C14H16O6. The van der Waals surface area contributed by atoms with Gasteiger partial charge in [-0.15, -0.1) is 0 Å². The summed E-state index contributed by atoms with van der Waals surface area (Å²) in [5, 5.41) is 19.0. The summed E-state index contributed by atoms with van der Waals surface area (Å²) in [6, 6.07) is 4.15. The molecule has 0 saturated carbocycles. The van der Waals surface area contributed by atoms with Gasteiger partial charge in [-0.05, 0) is 19.1 Å². The molecule has 0 heterocycles. The number of allylic oxidation sites excluding steroid dienone is 1. The summed E-state index contributed by atoms with van der Waals surface area (Å²) in [7, 11) is 0. The molecule has 0 radical (unpaired) electrons. The normalized spacial score (nSPS) is 12.1. The number of aliphatic hydroxyl groups is 1. The summed E-state index contributed by atoms with van der Waals surface area (Å²) in [5.74, 6) is -0.446. The molecule has 0 aromatic heterocycles. The highest BCUT2D eigenvalue weighted by Gasteiger charge is 2.09. The second kappa shape index (κ2) is 7.96. The number of phenols is 1. The van der Waals surface area contributed by atoms with E-state index in [9.17, 15) is 19.8 Å². The molecule has 2 N–H and O–H groups in total. The van der Waals surface area contributed by atoms with Gasteiger partial charge in [0, 0.05) is 12.1 Å². The van der Waals surface area contributed by atoms with E-state index in [0.717, 1.165) is 0 Å². The van der Waals surface area contributed by atoms with E-state index in [0.29, 0.717) is 12.0 Å². The van der Waals surface area contributed by atoms with Gasteiger partial charge in [-0.25, -0.2) is 4.79 Å². The van der Waals surface area contributed by atoms with Crippen LogP contribution in [0.25, 0.3) is 0 Å². The zero-order chi connectivity index (χ0) is 15.0. The van der Waals surface area contributed by atoms with Crippen molar-refractivity contribution in [3.8, 4) is 11.5 Å². The molecule has 1 rings (SSSR count). The van der Waals surface area contributed by atoms with Gasteiger partial charge in [0.2, 0.25) is 0 Å². The van der Waals surface area contributed by atoms with Gasteiger partial charge in [-0.3, -0.25) is 4.79 Å².